The van der Waals surface area contributed by atoms with E-state index in [1.807, 2.05) is 0 Å². The van der Waals surface area contributed by atoms with Gasteiger partial charge in [-0.1, -0.05) is 6.07 Å². The Hall–Kier alpha value is -2.71. The molecule has 2 aromatic rings. The van der Waals surface area contributed by atoms with Crippen LogP contribution in [0.3, 0.4) is 0 Å². The molecule has 1 aromatic carbocycles. The van der Waals surface area contributed by atoms with Crippen LogP contribution < -0.4 is 5.73 Å². The second kappa shape index (κ2) is 5.24. The van der Waals surface area contributed by atoms with Crippen molar-refractivity contribution >= 4 is 11.7 Å². The van der Waals surface area contributed by atoms with Crippen LogP contribution in [0.1, 0.15) is 16.1 Å². The van der Waals surface area contributed by atoms with E-state index in [2.05, 4.69) is 4.98 Å². The van der Waals surface area contributed by atoms with Crippen molar-refractivity contribution in [3.8, 4) is 11.3 Å². The van der Waals surface area contributed by atoms with E-state index in [0.717, 1.165) is 18.2 Å². The molecule has 0 aliphatic rings. The first-order valence-electron chi connectivity index (χ1n) is 5.68. The van der Waals surface area contributed by atoms with E-state index in [0.29, 0.717) is 0 Å². The molecule has 4 nitrogen and oxygen atoms in total. The summed E-state index contributed by atoms with van der Waals surface area (Å²) in [6, 6.07) is 2.71. The lowest BCUT2D eigenvalue weighted by atomic mass is 10.0. The normalized spacial score (nSPS) is 11.5. The van der Waals surface area contributed by atoms with Gasteiger partial charge in [0.1, 0.15) is 11.6 Å². The minimum Gasteiger partial charge on any atom is -0.476 e. The number of aromatic carboxylic acids is 1. The van der Waals surface area contributed by atoms with Crippen LogP contribution in [0.4, 0.5) is 27.6 Å². The maximum absolute atomic E-state index is 13.7. The zero-order valence-corrected chi connectivity index (χ0v) is 10.6. The lowest BCUT2D eigenvalue weighted by Gasteiger charge is -2.15. The zero-order chi connectivity index (χ0) is 16.7. The number of nitrogens with two attached hydrogens (primary N) is 1. The Morgan fingerprint density at radius 1 is 1.18 bits per heavy atom. The molecule has 0 aliphatic carbocycles. The predicted molar refractivity (Wildman–Crippen MR) is 66.0 cm³/mol. The Kier molecular flexibility index (Phi) is 3.74. The SMILES string of the molecule is Nc1cc(C(F)(F)F)c(-c2c(F)cccc2F)nc1C(=O)O. The molecule has 0 aliphatic heterocycles. The quantitative estimate of drug-likeness (QED) is 0.833. The van der Waals surface area contributed by atoms with Gasteiger partial charge in [0.15, 0.2) is 5.69 Å². The van der Waals surface area contributed by atoms with Crippen molar-refractivity contribution in [1.29, 1.82) is 0 Å². The Balaban J connectivity index is 2.89. The Labute approximate surface area is 120 Å². The highest BCUT2D eigenvalue weighted by Gasteiger charge is 2.37. The van der Waals surface area contributed by atoms with Crippen LogP contribution in [-0.2, 0) is 6.18 Å². The highest BCUT2D eigenvalue weighted by atomic mass is 19.4. The summed E-state index contributed by atoms with van der Waals surface area (Å²) in [6.07, 6.45) is -5.03. The molecule has 1 aromatic heterocycles. The average Bonchev–Trinajstić information content (AvgIpc) is 2.38. The fourth-order valence-corrected chi connectivity index (χ4v) is 1.83. The van der Waals surface area contributed by atoms with Crippen molar-refractivity contribution in [3.63, 3.8) is 0 Å². The third-order valence-corrected chi connectivity index (χ3v) is 2.76. The molecule has 0 bridgehead atoms. The number of nitrogen functional groups attached to an aromatic ring is 1. The Morgan fingerprint density at radius 3 is 2.18 bits per heavy atom. The fraction of sp³-hybridized carbons (Fsp3) is 0.0769. The molecule has 2 rings (SSSR count). The smallest absolute Gasteiger partial charge is 0.418 e. The largest absolute Gasteiger partial charge is 0.476 e. The van der Waals surface area contributed by atoms with E-state index in [1.54, 1.807) is 0 Å². The van der Waals surface area contributed by atoms with Crippen LogP contribution in [0.2, 0.25) is 0 Å². The number of benzene rings is 1. The summed E-state index contributed by atoms with van der Waals surface area (Å²) in [7, 11) is 0. The molecule has 0 fully saturated rings. The molecule has 22 heavy (non-hydrogen) atoms. The van der Waals surface area contributed by atoms with Gasteiger partial charge >= 0.3 is 12.1 Å². The number of carboxylic acids is 1. The number of carbonyl (C=O) groups is 1. The second-order valence-electron chi connectivity index (χ2n) is 4.22. The van der Waals surface area contributed by atoms with Crippen molar-refractivity contribution in [2.45, 2.75) is 6.18 Å². The molecule has 9 heteroatoms. The monoisotopic (exact) mass is 318 g/mol. The predicted octanol–water partition coefficient (Wildman–Crippen LogP) is 3.33. The highest BCUT2D eigenvalue weighted by Crippen LogP contribution is 2.39. The number of carboxylic acid groups (broad SMARTS) is 1. The van der Waals surface area contributed by atoms with Gasteiger partial charge in [0.2, 0.25) is 0 Å². The van der Waals surface area contributed by atoms with Crippen LogP contribution in [0.5, 0.6) is 0 Å². The summed E-state index contributed by atoms with van der Waals surface area (Å²) in [5.74, 6) is -4.33. The van der Waals surface area contributed by atoms with E-state index >= 15 is 0 Å². The molecule has 116 valence electrons. The molecule has 0 radical (unpaired) electrons. The van der Waals surface area contributed by atoms with Gasteiger partial charge in [-0.15, -0.1) is 0 Å². The van der Waals surface area contributed by atoms with Crippen LogP contribution in [0.25, 0.3) is 11.3 Å². The van der Waals surface area contributed by atoms with Gasteiger partial charge in [-0.3, -0.25) is 0 Å². The van der Waals surface area contributed by atoms with E-state index in [-0.39, 0.29) is 6.07 Å². The third-order valence-electron chi connectivity index (χ3n) is 2.76. The zero-order valence-electron chi connectivity index (χ0n) is 10.6. The summed E-state index contributed by atoms with van der Waals surface area (Å²) >= 11 is 0. The average molecular weight is 318 g/mol. The molecule has 0 saturated carbocycles. The third kappa shape index (κ3) is 2.69. The number of anilines is 1. The van der Waals surface area contributed by atoms with Crippen LogP contribution >= 0.6 is 0 Å². The number of aromatic nitrogens is 1. The molecule has 0 amide bonds. The Morgan fingerprint density at radius 2 is 1.73 bits per heavy atom. The summed E-state index contributed by atoms with van der Waals surface area (Å²) in [4.78, 5) is 14.1. The van der Waals surface area contributed by atoms with Crippen molar-refractivity contribution < 1.29 is 31.9 Å². The molecule has 0 unspecified atom stereocenters. The number of hydrogen-bond acceptors (Lipinski definition) is 3. The maximum Gasteiger partial charge on any atom is 0.418 e. The lowest BCUT2D eigenvalue weighted by Crippen LogP contribution is -2.15. The minimum atomic E-state index is -5.03. The van der Waals surface area contributed by atoms with E-state index in [4.69, 9.17) is 10.8 Å². The van der Waals surface area contributed by atoms with Gasteiger partial charge in [-0.25, -0.2) is 18.6 Å². The molecule has 0 saturated heterocycles. The molecule has 3 N–H and O–H groups in total. The number of alkyl halides is 3. The van der Waals surface area contributed by atoms with Crippen molar-refractivity contribution in [3.05, 3.63) is 47.2 Å². The lowest BCUT2D eigenvalue weighted by molar-refractivity contribution is -0.137. The van der Waals surface area contributed by atoms with Gasteiger partial charge in [0.25, 0.3) is 0 Å². The highest BCUT2D eigenvalue weighted by molar-refractivity contribution is 5.92. The van der Waals surface area contributed by atoms with Crippen molar-refractivity contribution in [2.24, 2.45) is 0 Å². The maximum atomic E-state index is 13.7. The van der Waals surface area contributed by atoms with Gasteiger partial charge in [-0.2, -0.15) is 13.2 Å². The van der Waals surface area contributed by atoms with Gasteiger partial charge < -0.3 is 10.8 Å². The fourth-order valence-electron chi connectivity index (χ4n) is 1.83. The van der Waals surface area contributed by atoms with Gasteiger partial charge in [0.05, 0.1) is 22.5 Å². The molecular formula is C13H7F5N2O2. The first-order chi connectivity index (χ1) is 10.1. The number of pyridine rings is 1. The first kappa shape index (κ1) is 15.7. The van der Waals surface area contributed by atoms with Crippen molar-refractivity contribution in [2.75, 3.05) is 5.73 Å². The van der Waals surface area contributed by atoms with Gasteiger partial charge in [0, 0.05) is 0 Å². The van der Waals surface area contributed by atoms with Crippen LogP contribution in [-0.4, -0.2) is 16.1 Å². The van der Waals surface area contributed by atoms with E-state index in [1.165, 1.54) is 0 Å². The summed E-state index contributed by atoms with van der Waals surface area (Å²) in [6.45, 7) is 0. The van der Waals surface area contributed by atoms with Crippen molar-refractivity contribution in [1.82, 2.24) is 4.98 Å². The van der Waals surface area contributed by atoms with Crippen LogP contribution in [0, 0.1) is 11.6 Å². The molecule has 1 heterocycles. The summed E-state index contributed by atoms with van der Waals surface area (Å²) < 4.78 is 66.5. The van der Waals surface area contributed by atoms with E-state index in [9.17, 15) is 26.7 Å². The number of halogens is 5. The van der Waals surface area contributed by atoms with Gasteiger partial charge in [-0.05, 0) is 18.2 Å². The molecule has 0 spiro atoms. The number of rotatable bonds is 2. The number of nitrogens with zero attached hydrogens (tertiary/aromatic N) is 1. The van der Waals surface area contributed by atoms with Crippen LogP contribution in [0.15, 0.2) is 24.3 Å². The topological polar surface area (TPSA) is 76.2 Å². The van der Waals surface area contributed by atoms with E-state index < -0.39 is 52.0 Å². The minimum absolute atomic E-state index is 0.289. The molecule has 0 atom stereocenters. The standard InChI is InChI=1S/C13H7F5N2O2/c14-6-2-1-3-7(15)9(6)10-5(13(16,17)18)4-8(19)11(20-10)12(21)22/h1-4H,19H2,(H,21,22). The summed E-state index contributed by atoms with van der Waals surface area (Å²) in [5.41, 5.74) is -0.250. The second-order valence-corrected chi connectivity index (χ2v) is 4.22. The number of hydrogen-bond donors (Lipinski definition) is 2. The first-order valence-corrected chi connectivity index (χ1v) is 5.68. The molecular weight excluding hydrogens is 311 g/mol. The Bertz CT molecular complexity index is 739. The summed E-state index contributed by atoms with van der Waals surface area (Å²) in [5, 5.41) is 8.86.